The number of carbonyl (C=O) groups excluding carboxylic acids is 8. The number of hydrogen-bond donors (Lipinski definition) is 8. The molecular weight excluding hydrogens is 1030 g/mol. The van der Waals surface area contributed by atoms with Gasteiger partial charge in [0, 0.05) is 25.5 Å². The first-order valence-electron chi connectivity index (χ1n) is 27.8. The molecule has 0 aromatic carbocycles. The van der Waals surface area contributed by atoms with Crippen LogP contribution in [0.1, 0.15) is 183 Å². The van der Waals surface area contributed by atoms with Crippen LogP contribution in [0.4, 0.5) is 9.59 Å². The molecule has 0 bridgehead atoms. The zero-order valence-electron chi connectivity index (χ0n) is 51.7. The number of esters is 1. The summed E-state index contributed by atoms with van der Waals surface area (Å²) < 4.78 is 34.8. The number of alkyl carbamates (subject to hydrolysis) is 2. The van der Waals surface area contributed by atoms with E-state index < -0.39 is 130 Å². The zero-order chi connectivity index (χ0) is 61.6. The van der Waals surface area contributed by atoms with Crippen molar-refractivity contribution in [1.82, 2.24) is 42.2 Å². The highest BCUT2D eigenvalue weighted by Crippen LogP contribution is 2.19. The fourth-order valence-electron chi connectivity index (χ4n) is 7.59. The fraction of sp³-hybridized carbons (Fsp3) is 0.772. The Morgan fingerprint density at radius 2 is 0.900 bits per heavy atom. The Labute approximate surface area is 476 Å². The van der Waals surface area contributed by atoms with E-state index in [0.717, 1.165) is 0 Å². The lowest BCUT2D eigenvalue weighted by atomic mass is 10.0. The van der Waals surface area contributed by atoms with E-state index in [1.165, 1.54) is 0 Å². The summed E-state index contributed by atoms with van der Waals surface area (Å²) in [6, 6.07) is -4.55. The molecule has 8 atom stereocenters. The Morgan fingerprint density at radius 1 is 0.500 bits per heavy atom. The first-order valence-corrected chi connectivity index (χ1v) is 27.8. The average molecular weight is 1140 g/mol. The van der Waals surface area contributed by atoms with Crippen LogP contribution in [0, 0.1) is 0 Å². The number of rotatable bonds is 29. The fourth-order valence-corrected chi connectivity index (χ4v) is 7.59. The second kappa shape index (κ2) is 32.1. The maximum Gasteiger partial charge on any atom is 0.407 e. The van der Waals surface area contributed by atoms with Gasteiger partial charge in [0.05, 0.1) is 41.7 Å². The first-order chi connectivity index (χ1) is 36.4. The van der Waals surface area contributed by atoms with Crippen molar-refractivity contribution in [3.05, 3.63) is 30.1 Å². The number of pyridine rings is 1. The van der Waals surface area contributed by atoms with Crippen LogP contribution in [0.25, 0.3) is 0 Å². The number of aromatic nitrogens is 1. The summed E-state index contributed by atoms with van der Waals surface area (Å²) in [4.78, 5) is 115. The van der Waals surface area contributed by atoms with Gasteiger partial charge < -0.3 is 71.4 Å². The first kappa shape index (κ1) is 72.4. The Balaban J connectivity index is 3.79. The van der Waals surface area contributed by atoms with Gasteiger partial charge in [0.15, 0.2) is 6.04 Å². The van der Waals surface area contributed by atoms with Crippen molar-refractivity contribution in [2.24, 2.45) is 5.73 Å². The minimum absolute atomic E-state index is 0.00484. The molecule has 0 aliphatic rings. The number of nitrogens with two attached hydrogens (primary N) is 1. The van der Waals surface area contributed by atoms with Gasteiger partial charge in [0.25, 0.3) is 0 Å². The summed E-state index contributed by atoms with van der Waals surface area (Å²) in [5, 5.41) is 19.2. The largest absolute Gasteiger partial charge is 0.458 e. The number of hydrogen-bond acceptors (Lipinski definition) is 16. The predicted molar refractivity (Wildman–Crippen MR) is 304 cm³/mol. The van der Waals surface area contributed by atoms with E-state index in [9.17, 15) is 38.4 Å². The van der Waals surface area contributed by atoms with Crippen LogP contribution in [-0.4, -0.2) is 154 Å². The second-order valence-electron chi connectivity index (χ2n) is 26.0. The molecule has 80 heavy (non-hydrogen) atoms. The second-order valence-corrected chi connectivity index (χ2v) is 26.0. The van der Waals surface area contributed by atoms with E-state index in [-0.39, 0.29) is 45.4 Å². The quantitative estimate of drug-likeness (QED) is 0.0286. The van der Waals surface area contributed by atoms with Crippen LogP contribution in [-0.2, 0) is 63.6 Å². The molecule has 458 valence electrons. The molecule has 9 N–H and O–H groups in total. The van der Waals surface area contributed by atoms with Gasteiger partial charge in [-0.2, -0.15) is 0 Å². The molecule has 1 rings (SSSR count). The Bertz CT molecular complexity index is 2140. The number of carbonyl (C=O) groups is 8. The van der Waals surface area contributed by atoms with Crippen molar-refractivity contribution in [3.8, 4) is 0 Å². The third kappa shape index (κ3) is 33.2. The number of nitrogens with zero attached hydrogens (tertiary/aromatic N) is 1. The lowest BCUT2D eigenvalue weighted by Crippen LogP contribution is -2.64. The van der Waals surface area contributed by atoms with Gasteiger partial charge in [-0.1, -0.05) is 6.07 Å². The number of amides is 7. The van der Waals surface area contributed by atoms with Gasteiger partial charge in [0.2, 0.25) is 29.5 Å². The monoisotopic (exact) mass is 1140 g/mol. The Hall–Kier alpha value is -5.65. The van der Waals surface area contributed by atoms with Crippen LogP contribution in [0.3, 0.4) is 0 Å². The summed E-state index contributed by atoms with van der Waals surface area (Å²) in [6.07, 6.45) is 1.25. The third-order valence-electron chi connectivity index (χ3n) is 10.8. The van der Waals surface area contributed by atoms with Crippen molar-refractivity contribution in [3.63, 3.8) is 0 Å². The van der Waals surface area contributed by atoms with E-state index >= 15 is 0 Å². The van der Waals surface area contributed by atoms with Crippen molar-refractivity contribution < 1.29 is 66.8 Å². The van der Waals surface area contributed by atoms with Crippen LogP contribution in [0.2, 0.25) is 0 Å². The van der Waals surface area contributed by atoms with E-state index in [2.05, 4.69) is 42.2 Å². The number of ether oxygens (including phenoxy) is 6. The van der Waals surface area contributed by atoms with Gasteiger partial charge in [-0.15, -0.1) is 0 Å². The van der Waals surface area contributed by atoms with Gasteiger partial charge in [0.1, 0.15) is 41.0 Å². The summed E-state index contributed by atoms with van der Waals surface area (Å²) in [5.74, 6) is -4.70. The molecule has 23 heteroatoms. The maximum atomic E-state index is 14.9. The number of nitrogens with one attached hydrogen (secondary N) is 7. The summed E-state index contributed by atoms with van der Waals surface area (Å²) in [6.45, 7) is 34.6. The summed E-state index contributed by atoms with van der Waals surface area (Å²) in [7, 11) is 0. The molecule has 1 aromatic rings. The highest BCUT2D eigenvalue weighted by Gasteiger charge is 2.40. The maximum absolute atomic E-state index is 14.9. The molecule has 0 radical (unpaired) electrons. The van der Waals surface area contributed by atoms with E-state index in [0.29, 0.717) is 24.8 Å². The molecular formula is C57H101N9O14. The SMILES string of the molecule is C[C@@H](OC(C)(C)C)[C@H](NC(=O)[C@H](CCCCNC(=O)OC(C)(C)C)NC(=O)[C@@H](N)Cc1cccnc1)C(=O)N[C@H](C(=O)N[C@@H](CCCCNC(=O)OC(C)(C)C)C(=O)N[C@@H](COC(C)(C)C)C(=O)OC(C)(C)C)[C@@H](C)OC(C)(C)C. The van der Waals surface area contributed by atoms with E-state index in [1.807, 2.05) is 0 Å². The molecule has 0 spiro atoms. The molecule has 0 saturated carbocycles. The number of unbranched alkanes of at least 4 members (excludes halogenated alkanes) is 2. The van der Waals surface area contributed by atoms with Crippen molar-refractivity contribution >= 4 is 47.7 Å². The molecule has 0 saturated heterocycles. The zero-order valence-corrected chi connectivity index (χ0v) is 51.7. The van der Waals surface area contributed by atoms with E-state index in [4.69, 9.17) is 34.2 Å². The highest BCUT2D eigenvalue weighted by atomic mass is 16.6. The minimum atomic E-state index is -1.53. The molecule has 0 aliphatic heterocycles. The average Bonchev–Trinajstić information content (AvgIpc) is 3.26. The molecule has 0 aliphatic carbocycles. The topological polar surface area (TPSA) is 315 Å². The third-order valence-corrected chi connectivity index (χ3v) is 10.8. The Kier molecular flexibility index (Phi) is 29.0. The molecule has 23 nitrogen and oxygen atoms in total. The standard InChI is InChI=1S/C57H101N9O14/c1-35(76-53(6,7)8)42(47(70)63-39(27-21-23-30-60-50(73)79-56(15,16)17)45(68)64-41(34-75-52(3,4)5)49(72)78-55(12,13)14)66-48(71)43(36(2)77-54(9,10)11)65-46(69)40(28-22-24-31-61-51(74)80-57(18,19)20)62-44(67)38(58)32-37-26-25-29-59-33-37/h25-26,29,33,35-36,38-43H,21-24,27-28,30-32,34,58H2,1-20H3,(H,60,73)(H,61,74)(H,62,67)(H,63,70)(H,64,68)(H,65,69)(H,66,71)/t35-,36-,38+,39+,40+,41+,42+,43+/m1/s1. The van der Waals surface area contributed by atoms with Gasteiger partial charge in [-0.3, -0.25) is 29.0 Å². The van der Waals surface area contributed by atoms with Gasteiger partial charge in [-0.25, -0.2) is 14.4 Å². The normalized spacial score (nSPS) is 15.5. The Morgan fingerprint density at radius 3 is 1.30 bits per heavy atom. The highest BCUT2D eigenvalue weighted by molar-refractivity contribution is 5.97. The predicted octanol–water partition coefficient (Wildman–Crippen LogP) is 5.33. The van der Waals surface area contributed by atoms with Gasteiger partial charge in [-0.05, 0) is 195 Å². The van der Waals surface area contributed by atoms with Crippen LogP contribution < -0.4 is 43.0 Å². The van der Waals surface area contributed by atoms with Crippen LogP contribution >= 0.6 is 0 Å². The van der Waals surface area contributed by atoms with Crippen molar-refractivity contribution in [2.45, 2.75) is 265 Å². The van der Waals surface area contributed by atoms with Crippen LogP contribution in [0.5, 0.6) is 0 Å². The molecule has 0 fully saturated rings. The molecule has 7 amide bonds. The lowest BCUT2D eigenvalue weighted by Gasteiger charge is -2.35. The smallest absolute Gasteiger partial charge is 0.407 e. The van der Waals surface area contributed by atoms with E-state index in [1.54, 1.807) is 163 Å². The molecule has 1 aromatic heterocycles. The molecule has 1 heterocycles. The van der Waals surface area contributed by atoms with Gasteiger partial charge >= 0.3 is 18.2 Å². The van der Waals surface area contributed by atoms with Crippen molar-refractivity contribution in [2.75, 3.05) is 19.7 Å². The van der Waals surface area contributed by atoms with Crippen molar-refractivity contribution in [1.29, 1.82) is 0 Å². The summed E-state index contributed by atoms with van der Waals surface area (Å²) >= 11 is 0. The molecule has 0 unspecified atom stereocenters. The minimum Gasteiger partial charge on any atom is -0.458 e. The van der Waals surface area contributed by atoms with Crippen LogP contribution in [0.15, 0.2) is 24.5 Å². The summed E-state index contributed by atoms with van der Waals surface area (Å²) in [5.41, 5.74) is 2.23. The lowest BCUT2D eigenvalue weighted by molar-refractivity contribution is -0.162.